The van der Waals surface area contributed by atoms with E-state index in [0.29, 0.717) is 24.4 Å². The van der Waals surface area contributed by atoms with Crippen molar-refractivity contribution in [1.82, 2.24) is 15.5 Å². The second-order valence-electron chi connectivity index (χ2n) is 5.18. The lowest BCUT2D eigenvalue weighted by Gasteiger charge is -2.30. The number of halogens is 1. The fraction of sp³-hybridized carbons (Fsp3) is 0.467. The highest BCUT2D eigenvalue weighted by molar-refractivity contribution is 5.85. The molecule has 0 radical (unpaired) electrons. The molecule has 1 N–H and O–H groups in total. The van der Waals surface area contributed by atoms with Gasteiger partial charge in [-0.2, -0.15) is 0 Å². The lowest BCUT2D eigenvalue weighted by molar-refractivity contribution is 0.435. The summed E-state index contributed by atoms with van der Waals surface area (Å²) in [6.07, 6.45) is 2.27. The Bertz CT molecular complexity index is 538. The molecule has 6 heteroatoms. The molecule has 114 valence electrons. The van der Waals surface area contributed by atoms with Gasteiger partial charge in [-0.1, -0.05) is 35.4 Å². The smallest absolute Gasteiger partial charge is 0.318 e. The van der Waals surface area contributed by atoms with Crippen LogP contribution in [0.1, 0.15) is 30.2 Å². The van der Waals surface area contributed by atoms with E-state index in [-0.39, 0.29) is 12.4 Å². The Morgan fingerprint density at radius 2 is 1.90 bits per heavy atom. The third-order valence-electron chi connectivity index (χ3n) is 3.82. The van der Waals surface area contributed by atoms with Crippen molar-refractivity contribution in [1.29, 1.82) is 0 Å². The Kier molecular flexibility index (Phi) is 5.59. The summed E-state index contributed by atoms with van der Waals surface area (Å²) in [5.74, 6) is 1.29. The molecule has 0 saturated carbocycles. The van der Waals surface area contributed by atoms with Crippen molar-refractivity contribution in [2.75, 3.05) is 25.0 Å². The quantitative estimate of drug-likeness (QED) is 0.941. The molecule has 1 aliphatic heterocycles. The Morgan fingerprint density at radius 1 is 1.19 bits per heavy atom. The van der Waals surface area contributed by atoms with Gasteiger partial charge < -0.3 is 14.6 Å². The molecule has 5 nitrogen and oxygen atoms in total. The minimum atomic E-state index is 0. The summed E-state index contributed by atoms with van der Waals surface area (Å²) in [5, 5.41) is 11.2. The molecular formula is C15H21ClN4O. The highest BCUT2D eigenvalue weighted by Gasteiger charge is 2.23. The minimum Gasteiger partial charge on any atom is -0.407 e. The number of aromatic nitrogens is 2. The van der Waals surface area contributed by atoms with Gasteiger partial charge in [0.25, 0.3) is 0 Å². The number of nitrogens with one attached hydrogen (secondary N) is 1. The molecule has 2 heterocycles. The standard InChI is InChI=1S/C15H20N4O.ClH/c1-16-11-14-17-18-15(20-14)19-9-7-13(8-10-19)12-5-3-2-4-6-12;/h2-6,13,16H,7-11H2,1H3;1H. The number of piperidine rings is 1. The maximum atomic E-state index is 5.65. The van der Waals surface area contributed by atoms with E-state index in [0.717, 1.165) is 25.9 Å². The Labute approximate surface area is 131 Å². The summed E-state index contributed by atoms with van der Waals surface area (Å²) in [7, 11) is 1.87. The fourth-order valence-electron chi connectivity index (χ4n) is 2.72. The summed E-state index contributed by atoms with van der Waals surface area (Å²) in [6.45, 7) is 2.56. The molecule has 21 heavy (non-hydrogen) atoms. The Hall–Kier alpha value is -1.59. The first-order valence-corrected chi connectivity index (χ1v) is 7.13. The average molecular weight is 309 g/mol. The van der Waals surface area contributed by atoms with Crippen molar-refractivity contribution >= 4 is 18.4 Å². The van der Waals surface area contributed by atoms with E-state index in [9.17, 15) is 0 Å². The summed E-state index contributed by atoms with van der Waals surface area (Å²) < 4.78 is 5.65. The molecule has 1 aromatic carbocycles. The summed E-state index contributed by atoms with van der Waals surface area (Å²) in [4.78, 5) is 2.19. The van der Waals surface area contributed by atoms with Crippen molar-refractivity contribution in [2.45, 2.75) is 25.3 Å². The van der Waals surface area contributed by atoms with Gasteiger partial charge in [0.05, 0.1) is 6.54 Å². The fourth-order valence-corrected chi connectivity index (χ4v) is 2.72. The van der Waals surface area contributed by atoms with E-state index < -0.39 is 0 Å². The van der Waals surface area contributed by atoms with Gasteiger partial charge in [0, 0.05) is 13.1 Å². The van der Waals surface area contributed by atoms with Crippen LogP contribution in [-0.2, 0) is 6.54 Å². The molecule has 1 saturated heterocycles. The van der Waals surface area contributed by atoms with Gasteiger partial charge >= 0.3 is 6.01 Å². The van der Waals surface area contributed by atoms with E-state index in [1.54, 1.807) is 0 Å². The predicted octanol–water partition coefficient (Wildman–Crippen LogP) is 2.59. The number of hydrogen-bond donors (Lipinski definition) is 1. The number of anilines is 1. The van der Waals surface area contributed by atoms with E-state index in [4.69, 9.17) is 4.42 Å². The molecular weight excluding hydrogens is 288 g/mol. The molecule has 0 aliphatic carbocycles. The highest BCUT2D eigenvalue weighted by Crippen LogP contribution is 2.29. The van der Waals surface area contributed by atoms with Crippen LogP contribution < -0.4 is 10.2 Å². The van der Waals surface area contributed by atoms with Crippen molar-refractivity contribution in [3.8, 4) is 0 Å². The van der Waals surface area contributed by atoms with Crippen LogP contribution in [0, 0.1) is 0 Å². The van der Waals surface area contributed by atoms with Crippen LogP contribution in [0.15, 0.2) is 34.7 Å². The van der Waals surface area contributed by atoms with Crippen molar-refractivity contribution in [3.63, 3.8) is 0 Å². The van der Waals surface area contributed by atoms with Crippen molar-refractivity contribution < 1.29 is 4.42 Å². The molecule has 1 aliphatic rings. The maximum absolute atomic E-state index is 5.65. The zero-order chi connectivity index (χ0) is 13.8. The first kappa shape index (κ1) is 15.8. The number of hydrogen-bond acceptors (Lipinski definition) is 5. The molecule has 3 rings (SSSR count). The zero-order valence-electron chi connectivity index (χ0n) is 12.2. The molecule has 0 atom stereocenters. The monoisotopic (exact) mass is 308 g/mol. The SMILES string of the molecule is CNCc1nnc(N2CCC(c3ccccc3)CC2)o1.Cl. The van der Waals surface area contributed by atoms with E-state index >= 15 is 0 Å². The van der Waals surface area contributed by atoms with Crippen molar-refractivity contribution in [3.05, 3.63) is 41.8 Å². The van der Waals surface area contributed by atoms with Gasteiger partial charge in [-0.05, 0) is 31.4 Å². The normalized spacial score (nSPS) is 15.8. The average Bonchev–Trinajstić information content (AvgIpc) is 2.97. The van der Waals surface area contributed by atoms with E-state index in [1.807, 2.05) is 7.05 Å². The first-order chi connectivity index (χ1) is 9.86. The van der Waals surface area contributed by atoms with Gasteiger partial charge in [0.1, 0.15) is 0 Å². The number of rotatable bonds is 4. The van der Waals surface area contributed by atoms with Gasteiger partial charge in [-0.25, -0.2) is 0 Å². The first-order valence-electron chi connectivity index (χ1n) is 7.13. The minimum absolute atomic E-state index is 0. The largest absolute Gasteiger partial charge is 0.407 e. The van der Waals surface area contributed by atoms with Crippen LogP contribution >= 0.6 is 12.4 Å². The molecule has 0 unspecified atom stereocenters. The van der Waals surface area contributed by atoms with Gasteiger partial charge in [0.15, 0.2) is 0 Å². The van der Waals surface area contributed by atoms with Gasteiger partial charge in [0.2, 0.25) is 5.89 Å². The van der Waals surface area contributed by atoms with Crippen LogP contribution in [0.5, 0.6) is 0 Å². The maximum Gasteiger partial charge on any atom is 0.318 e. The highest BCUT2D eigenvalue weighted by atomic mass is 35.5. The Morgan fingerprint density at radius 3 is 2.57 bits per heavy atom. The van der Waals surface area contributed by atoms with Gasteiger partial charge in [-0.3, -0.25) is 0 Å². The van der Waals surface area contributed by atoms with Crippen LogP contribution in [0.4, 0.5) is 6.01 Å². The second kappa shape index (κ2) is 7.43. The molecule has 0 spiro atoms. The molecule has 0 bridgehead atoms. The van der Waals surface area contributed by atoms with E-state index in [2.05, 4.69) is 50.7 Å². The topological polar surface area (TPSA) is 54.2 Å². The lowest BCUT2D eigenvalue weighted by Crippen LogP contribution is -2.33. The van der Waals surface area contributed by atoms with Crippen LogP contribution in [0.3, 0.4) is 0 Å². The third kappa shape index (κ3) is 3.74. The molecule has 0 amide bonds. The van der Waals surface area contributed by atoms with Crippen LogP contribution in [0.25, 0.3) is 0 Å². The van der Waals surface area contributed by atoms with Crippen molar-refractivity contribution in [2.24, 2.45) is 0 Å². The second-order valence-corrected chi connectivity index (χ2v) is 5.18. The van der Waals surface area contributed by atoms with E-state index in [1.165, 1.54) is 5.56 Å². The number of nitrogens with zero attached hydrogens (tertiary/aromatic N) is 3. The summed E-state index contributed by atoms with van der Waals surface area (Å²) in [5.41, 5.74) is 1.44. The zero-order valence-corrected chi connectivity index (χ0v) is 13.0. The summed E-state index contributed by atoms with van der Waals surface area (Å²) in [6, 6.07) is 11.4. The van der Waals surface area contributed by atoms with Crippen LogP contribution in [-0.4, -0.2) is 30.3 Å². The molecule has 2 aromatic rings. The third-order valence-corrected chi connectivity index (χ3v) is 3.82. The Balaban J connectivity index is 0.00000161. The molecule has 1 aromatic heterocycles. The predicted molar refractivity (Wildman–Crippen MR) is 84.9 cm³/mol. The number of benzene rings is 1. The lowest BCUT2D eigenvalue weighted by atomic mass is 9.90. The van der Waals surface area contributed by atoms with Crippen LogP contribution in [0.2, 0.25) is 0 Å². The summed E-state index contributed by atoms with van der Waals surface area (Å²) >= 11 is 0. The molecule has 1 fully saturated rings. The van der Waals surface area contributed by atoms with Gasteiger partial charge in [-0.15, -0.1) is 17.5 Å².